The Balaban J connectivity index is 3.01. The fraction of sp³-hybridized carbons (Fsp3) is 0.200. The van der Waals surface area contributed by atoms with Gasteiger partial charge in [-0.25, -0.2) is 4.79 Å². The number of hydrogen-bond donors (Lipinski definition) is 2. The number of aliphatic hydroxyl groups excluding tert-OH is 1. The maximum atomic E-state index is 10.8. The van der Waals surface area contributed by atoms with Crippen LogP contribution in [0.4, 0.5) is 5.69 Å². The van der Waals surface area contributed by atoms with Crippen molar-refractivity contribution in [1.29, 1.82) is 0 Å². The van der Waals surface area contributed by atoms with Crippen LogP contribution in [0.2, 0.25) is 5.02 Å². The van der Waals surface area contributed by atoms with E-state index in [4.69, 9.17) is 21.8 Å². The van der Waals surface area contributed by atoms with Crippen molar-refractivity contribution >= 4 is 29.7 Å². The number of carboxylic acid groups (broad SMARTS) is 1. The van der Waals surface area contributed by atoms with Gasteiger partial charge >= 0.3 is 5.97 Å². The van der Waals surface area contributed by atoms with Gasteiger partial charge in [-0.2, -0.15) is 0 Å². The number of aliphatic carboxylic acids is 1. The highest BCUT2D eigenvalue weighted by Crippen LogP contribution is 2.18. The number of anilines is 1. The number of benzene rings is 1. The fourth-order valence-electron chi connectivity index (χ4n) is 1.21. The average Bonchev–Trinajstić information content (AvgIpc) is 2.26. The van der Waals surface area contributed by atoms with Gasteiger partial charge in [-0.3, -0.25) is 9.69 Å². The van der Waals surface area contributed by atoms with Crippen LogP contribution in [0, 0.1) is 0 Å². The Hall–Kier alpha value is -1.59. The first-order valence-electron chi connectivity index (χ1n) is 4.43. The van der Waals surface area contributed by atoms with Crippen LogP contribution >= 0.6 is 11.6 Å². The standard InChI is InChI=1S/C10H10ClNO4/c11-7-1-3-8(4-2-7)12(6-14)9(5-13)10(15)16/h1-4,6,9,13H,5H2,(H,15,16). The van der Waals surface area contributed by atoms with Gasteiger partial charge in [-0.05, 0) is 24.3 Å². The van der Waals surface area contributed by atoms with E-state index in [2.05, 4.69) is 0 Å². The number of hydrogen-bond acceptors (Lipinski definition) is 3. The molecular weight excluding hydrogens is 234 g/mol. The molecule has 0 spiro atoms. The van der Waals surface area contributed by atoms with Crippen molar-refractivity contribution in [3.8, 4) is 0 Å². The number of nitrogens with zero attached hydrogens (tertiary/aromatic N) is 1. The smallest absolute Gasteiger partial charge is 0.329 e. The molecule has 0 radical (unpaired) electrons. The Morgan fingerprint density at radius 2 is 2.00 bits per heavy atom. The van der Waals surface area contributed by atoms with Crippen molar-refractivity contribution in [1.82, 2.24) is 0 Å². The molecule has 0 bridgehead atoms. The Bertz CT molecular complexity index is 379. The second kappa shape index (κ2) is 5.48. The van der Waals surface area contributed by atoms with Gasteiger partial charge in [0.25, 0.3) is 0 Å². The molecule has 1 unspecified atom stereocenters. The second-order valence-corrected chi connectivity index (χ2v) is 3.46. The molecule has 2 N–H and O–H groups in total. The third-order valence-electron chi connectivity index (χ3n) is 2.03. The van der Waals surface area contributed by atoms with Crippen molar-refractivity contribution in [2.45, 2.75) is 6.04 Å². The van der Waals surface area contributed by atoms with Crippen LogP contribution < -0.4 is 4.90 Å². The van der Waals surface area contributed by atoms with Crippen LogP contribution in [0.25, 0.3) is 0 Å². The van der Waals surface area contributed by atoms with Gasteiger partial charge < -0.3 is 10.2 Å². The van der Waals surface area contributed by atoms with E-state index in [1.165, 1.54) is 24.3 Å². The normalized spacial score (nSPS) is 11.9. The van der Waals surface area contributed by atoms with Crippen molar-refractivity contribution in [2.75, 3.05) is 11.5 Å². The summed E-state index contributed by atoms with van der Waals surface area (Å²) in [6, 6.07) is 4.77. The zero-order valence-corrected chi connectivity index (χ0v) is 8.96. The second-order valence-electron chi connectivity index (χ2n) is 3.03. The summed E-state index contributed by atoms with van der Waals surface area (Å²) in [5.41, 5.74) is 0.362. The first-order valence-corrected chi connectivity index (χ1v) is 4.80. The van der Waals surface area contributed by atoms with Crippen molar-refractivity contribution in [2.24, 2.45) is 0 Å². The summed E-state index contributed by atoms with van der Waals surface area (Å²) < 4.78 is 0. The molecule has 0 aliphatic heterocycles. The third kappa shape index (κ3) is 2.71. The molecule has 1 atom stereocenters. The summed E-state index contributed by atoms with van der Waals surface area (Å²) in [5, 5.41) is 18.2. The van der Waals surface area contributed by atoms with Gasteiger partial charge in [-0.1, -0.05) is 11.6 Å². The van der Waals surface area contributed by atoms with Crippen LogP contribution in [0.3, 0.4) is 0 Å². The van der Waals surface area contributed by atoms with Gasteiger partial charge in [0.05, 0.1) is 6.61 Å². The minimum absolute atomic E-state index is 0.359. The molecule has 1 aromatic carbocycles. The minimum Gasteiger partial charge on any atom is -0.480 e. The molecule has 0 saturated carbocycles. The molecule has 0 heterocycles. The lowest BCUT2D eigenvalue weighted by Crippen LogP contribution is -2.43. The minimum atomic E-state index is -1.29. The Morgan fingerprint density at radius 3 is 2.38 bits per heavy atom. The number of carboxylic acids is 1. The molecule has 0 aliphatic rings. The molecule has 6 heteroatoms. The molecule has 0 aromatic heterocycles. The van der Waals surface area contributed by atoms with E-state index in [1.54, 1.807) is 0 Å². The van der Waals surface area contributed by atoms with Crippen molar-refractivity contribution in [3.05, 3.63) is 29.3 Å². The summed E-state index contributed by atoms with van der Waals surface area (Å²) in [6.45, 7) is -0.656. The van der Waals surface area contributed by atoms with Crippen molar-refractivity contribution < 1.29 is 19.8 Å². The first kappa shape index (κ1) is 12.5. The highest BCUT2D eigenvalue weighted by Gasteiger charge is 2.24. The maximum absolute atomic E-state index is 10.8. The highest BCUT2D eigenvalue weighted by atomic mass is 35.5. The predicted molar refractivity (Wildman–Crippen MR) is 58.5 cm³/mol. The number of carbonyl (C=O) groups is 2. The van der Waals surface area contributed by atoms with E-state index in [9.17, 15) is 9.59 Å². The Labute approximate surface area is 96.9 Å². The van der Waals surface area contributed by atoms with Crippen molar-refractivity contribution in [3.63, 3.8) is 0 Å². The summed E-state index contributed by atoms with van der Waals surface area (Å²) >= 11 is 5.66. The van der Waals surface area contributed by atoms with Crippen LogP contribution in [-0.2, 0) is 9.59 Å². The van der Waals surface area contributed by atoms with Crippen LogP contribution in [0.15, 0.2) is 24.3 Å². The van der Waals surface area contributed by atoms with E-state index >= 15 is 0 Å². The quantitative estimate of drug-likeness (QED) is 0.748. The molecule has 86 valence electrons. The zero-order chi connectivity index (χ0) is 12.1. The Kier molecular flexibility index (Phi) is 4.28. The lowest BCUT2D eigenvalue weighted by Gasteiger charge is -2.23. The van der Waals surface area contributed by atoms with Gasteiger partial charge in [0.15, 0.2) is 6.04 Å². The van der Waals surface area contributed by atoms with E-state index in [0.717, 1.165) is 4.90 Å². The first-order chi connectivity index (χ1) is 7.60. The van der Waals surface area contributed by atoms with Crippen LogP contribution in [-0.4, -0.2) is 35.2 Å². The molecule has 1 aromatic rings. The molecule has 1 rings (SSSR count). The van der Waals surface area contributed by atoms with Gasteiger partial charge in [0.1, 0.15) is 0 Å². The molecule has 1 amide bonds. The third-order valence-corrected chi connectivity index (χ3v) is 2.28. The Morgan fingerprint density at radius 1 is 1.44 bits per heavy atom. The van der Waals surface area contributed by atoms with Gasteiger partial charge in [-0.15, -0.1) is 0 Å². The topological polar surface area (TPSA) is 77.8 Å². The van der Waals surface area contributed by atoms with Gasteiger partial charge in [0, 0.05) is 10.7 Å². The monoisotopic (exact) mass is 243 g/mol. The largest absolute Gasteiger partial charge is 0.480 e. The van der Waals surface area contributed by atoms with Crippen LogP contribution in [0.5, 0.6) is 0 Å². The molecule has 16 heavy (non-hydrogen) atoms. The lowest BCUT2D eigenvalue weighted by atomic mass is 10.2. The van der Waals surface area contributed by atoms with Gasteiger partial charge in [0.2, 0.25) is 6.41 Å². The predicted octanol–water partition coefficient (Wildman–Crippen LogP) is 0.748. The maximum Gasteiger partial charge on any atom is 0.329 e. The SMILES string of the molecule is O=CN(c1ccc(Cl)cc1)C(CO)C(=O)O. The summed E-state index contributed by atoms with van der Waals surface area (Å²) in [4.78, 5) is 22.5. The lowest BCUT2D eigenvalue weighted by molar-refractivity contribution is -0.140. The number of rotatable bonds is 5. The summed E-state index contributed by atoms with van der Waals surface area (Å²) in [6.07, 6.45) is 0.359. The molecule has 0 fully saturated rings. The number of halogens is 1. The fourth-order valence-corrected chi connectivity index (χ4v) is 1.34. The number of aliphatic hydroxyl groups is 1. The van der Waals surface area contributed by atoms with Crippen LogP contribution in [0.1, 0.15) is 0 Å². The highest BCUT2D eigenvalue weighted by molar-refractivity contribution is 6.30. The summed E-state index contributed by atoms with van der Waals surface area (Å²) in [5.74, 6) is -1.27. The number of carbonyl (C=O) groups excluding carboxylic acids is 1. The van der Waals surface area contributed by atoms with E-state index in [0.29, 0.717) is 17.1 Å². The number of amides is 1. The molecule has 5 nitrogen and oxygen atoms in total. The van der Waals surface area contributed by atoms with E-state index in [1.807, 2.05) is 0 Å². The zero-order valence-electron chi connectivity index (χ0n) is 8.21. The molecule has 0 saturated heterocycles. The molecular formula is C10H10ClNO4. The van der Waals surface area contributed by atoms with E-state index in [-0.39, 0.29) is 0 Å². The average molecular weight is 244 g/mol. The summed E-state index contributed by atoms with van der Waals surface area (Å²) in [7, 11) is 0. The van der Waals surface area contributed by atoms with E-state index < -0.39 is 18.6 Å². The molecule has 0 aliphatic carbocycles.